The van der Waals surface area contributed by atoms with Gasteiger partial charge in [0.25, 0.3) is 0 Å². The van der Waals surface area contributed by atoms with E-state index < -0.39 is 0 Å². The summed E-state index contributed by atoms with van der Waals surface area (Å²) in [4.78, 5) is 80.2. The second-order valence-electron chi connectivity index (χ2n) is 13.2. The van der Waals surface area contributed by atoms with Crippen LogP contribution in [0.3, 0.4) is 0 Å². The Morgan fingerprint density at radius 3 is 0.333 bits per heavy atom. The fourth-order valence-corrected chi connectivity index (χ4v) is 4.62. The van der Waals surface area contributed by atoms with Crippen LogP contribution in [0.2, 0.25) is 0 Å². The van der Waals surface area contributed by atoms with Crippen molar-refractivity contribution in [1.29, 1.82) is 0 Å². The first-order valence-corrected chi connectivity index (χ1v) is 20.4. The van der Waals surface area contributed by atoms with Crippen molar-refractivity contribution in [2.24, 2.45) is 0 Å². The van der Waals surface area contributed by atoms with E-state index >= 15 is 0 Å². The summed E-state index contributed by atoms with van der Waals surface area (Å²) < 4.78 is 0. The summed E-state index contributed by atoms with van der Waals surface area (Å²) in [5.74, 6) is -1.72. The normalized spacial score (nSPS) is 8.53. The number of para-hydroxylation sites is 8. The van der Waals surface area contributed by atoms with E-state index in [0.29, 0.717) is 50.3 Å². The number of hydrogen-bond donors (Lipinski definition) is 0. The molecule has 0 amide bonds. The van der Waals surface area contributed by atoms with E-state index in [4.69, 9.17) is 0 Å². The Labute approximate surface area is 505 Å². The molecule has 75 heavy (non-hydrogen) atoms. The van der Waals surface area contributed by atoms with Crippen LogP contribution in [-0.4, -0.2) is 50.3 Å². The summed E-state index contributed by atoms with van der Waals surface area (Å²) in [7, 11) is 0. The third-order valence-corrected chi connectivity index (χ3v) is 8.37. The topological polar surface area (TPSA) is 321 Å². The first-order valence-electron chi connectivity index (χ1n) is 20.4. The summed E-state index contributed by atoms with van der Waals surface area (Å²) >= 11 is 0. The van der Waals surface area contributed by atoms with E-state index in [2.05, 4.69) is 0 Å². The Morgan fingerprint density at radius 2 is 0.280 bits per heavy atom. The molecule has 1 radical (unpaired) electrons. The van der Waals surface area contributed by atoms with Crippen molar-refractivity contribution in [3.8, 4) is 46.0 Å². The Bertz CT molecular complexity index is 2360. The van der Waals surface area contributed by atoms with Gasteiger partial charge in [-0.2, -0.15) is 0 Å². The summed E-state index contributed by atoms with van der Waals surface area (Å²) in [5, 5.41) is 85.0. The van der Waals surface area contributed by atoms with Gasteiger partial charge < -0.3 is 40.9 Å². The monoisotopic (exact) mass is 1340 g/mol. The molecule has 383 valence electrons. The summed E-state index contributed by atoms with van der Waals surface area (Å²) in [6, 6.07) is 49.0. The molecule has 0 aromatic heterocycles. The Hall–Kier alpha value is -7.31. The largest absolute Gasteiger partial charge is 3.00 e. The zero-order valence-corrected chi connectivity index (χ0v) is 44.4. The molecule has 0 N–H and O–H groups in total. The number of benzene rings is 8. The van der Waals surface area contributed by atoms with E-state index in [9.17, 15) is 79.2 Å². The van der Waals surface area contributed by atoms with E-state index in [1.807, 2.05) is 0 Å². The molecule has 0 spiro atoms. The van der Waals surface area contributed by atoms with Gasteiger partial charge in [-0.3, -0.25) is 38.4 Å². The van der Waals surface area contributed by atoms with Gasteiger partial charge in [0.1, 0.15) is 50.3 Å². The number of rotatable bonds is 8. The molecule has 0 aliphatic rings. The molecular formula is C56H40Gd2MnO16. The van der Waals surface area contributed by atoms with E-state index in [-0.39, 0.29) is 187 Å². The number of aldehydes is 8. The molecule has 0 saturated heterocycles. The average molecular weight is 1340 g/mol. The molecule has 8 rings (SSSR count). The second-order valence-corrected chi connectivity index (χ2v) is 13.2. The molecule has 0 unspecified atom stereocenters. The van der Waals surface area contributed by atoms with Crippen LogP contribution < -0.4 is 40.9 Å². The summed E-state index contributed by atoms with van der Waals surface area (Å²) in [6.45, 7) is 0. The predicted molar refractivity (Wildman–Crippen MR) is 250 cm³/mol. The zero-order chi connectivity index (χ0) is 53.5. The van der Waals surface area contributed by atoms with Gasteiger partial charge in [0.15, 0.2) is 0 Å². The molecule has 16 nitrogen and oxygen atoms in total. The minimum atomic E-state index is -0.215. The molecule has 19 heteroatoms. The van der Waals surface area contributed by atoms with Crippen molar-refractivity contribution >= 4 is 50.3 Å². The fourth-order valence-electron chi connectivity index (χ4n) is 4.62. The van der Waals surface area contributed by atoms with Gasteiger partial charge in [0, 0.05) is 44.5 Å². The molecule has 0 fully saturated rings. The molecule has 0 aliphatic carbocycles. The van der Waals surface area contributed by atoms with Crippen molar-refractivity contribution in [3.05, 3.63) is 239 Å². The van der Waals surface area contributed by atoms with Gasteiger partial charge in [0.05, 0.1) is 0 Å². The third-order valence-electron chi connectivity index (χ3n) is 8.37. The van der Waals surface area contributed by atoms with Gasteiger partial charge in [-0.05, 0) is 0 Å². The van der Waals surface area contributed by atoms with Crippen LogP contribution in [0.5, 0.6) is 46.0 Å². The minimum absolute atomic E-state index is 0. The maximum Gasteiger partial charge on any atom is 3.00 e. The Morgan fingerprint density at radius 1 is 0.200 bits per heavy atom. The van der Waals surface area contributed by atoms with Crippen LogP contribution in [-0.2, 0) is 17.1 Å². The maximum atomic E-state index is 10.6. The average Bonchev–Trinajstić information content (AvgIpc) is 3.41. The molecule has 0 saturated carbocycles. The molecule has 0 atom stereocenters. The fraction of sp³-hybridized carbons (Fsp3) is 0. The smallest absolute Gasteiger partial charge is 0.872 e. The zero-order valence-electron chi connectivity index (χ0n) is 38.7. The van der Waals surface area contributed by atoms with Gasteiger partial charge in [-0.25, -0.2) is 0 Å². The van der Waals surface area contributed by atoms with Crippen molar-refractivity contribution < 1.29 is 176 Å². The van der Waals surface area contributed by atoms with Crippen molar-refractivity contribution in [2.45, 2.75) is 0 Å². The summed E-state index contributed by atoms with van der Waals surface area (Å²) in [5.41, 5.74) is 1.76. The van der Waals surface area contributed by atoms with Crippen LogP contribution in [0.1, 0.15) is 82.9 Å². The van der Waals surface area contributed by atoms with Crippen molar-refractivity contribution in [2.75, 3.05) is 0 Å². The molecule has 8 aromatic carbocycles. The van der Waals surface area contributed by atoms with Crippen LogP contribution in [0.25, 0.3) is 0 Å². The van der Waals surface area contributed by atoms with Crippen LogP contribution in [0, 0.1) is 79.9 Å². The van der Waals surface area contributed by atoms with E-state index in [1.165, 1.54) is 97.1 Å². The molecule has 8 aromatic rings. The van der Waals surface area contributed by atoms with Crippen LogP contribution >= 0.6 is 0 Å². The second kappa shape index (κ2) is 44.2. The van der Waals surface area contributed by atoms with Crippen molar-refractivity contribution in [1.82, 2.24) is 0 Å². The maximum absolute atomic E-state index is 10.6. The predicted octanol–water partition coefficient (Wildman–Crippen LogP) is 4.58. The SMILES string of the molecule is O=Cc1ccccc1[O-].O=Cc1ccccc1[O-].O=Cc1ccccc1[O-].O=Cc1ccccc1[O-].O=Cc1ccccc1[O-].O=Cc1ccccc1[O-].O=Cc1ccccc1[O-].O=Cc1ccccc1[O-].[Gd+2].[Gd+3].[Mn+3]. The summed E-state index contributed by atoms with van der Waals surface area (Å²) in [6.07, 6.45) is 4.46. The first-order chi connectivity index (χ1) is 34.7. The molecular weight excluding hydrogens is 1300 g/mol. The third kappa shape index (κ3) is 29.9. The number of carbonyl (C=O) groups excluding carboxylic acids is 8. The van der Waals surface area contributed by atoms with E-state index in [0.717, 1.165) is 0 Å². The van der Waals surface area contributed by atoms with E-state index in [1.54, 1.807) is 97.1 Å². The van der Waals surface area contributed by atoms with Gasteiger partial charge in [-0.15, -0.1) is 0 Å². The molecule has 0 heterocycles. The van der Waals surface area contributed by atoms with Gasteiger partial charge in [-0.1, -0.05) is 240 Å². The number of hydrogen-bond acceptors (Lipinski definition) is 16. The minimum Gasteiger partial charge on any atom is -0.872 e. The van der Waals surface area contributed by atoms with Crippen LogP contribution in [0.4, 0.5) is 0 Å². The van der Waals surface area contributed by atoms with Gasteiger partial charge in [0.2, 0.25) is 0 Å². The Kier molecular flexibility index (Phi) is 42.4. The molecule has 0 aliphatic heterocycles. The van der Waals surface area contributed by atoms with Crippen molar-refractivity contribution in [3.63, 3.8) is 0 Å². The molecule has 0 bridgehead atoms. The quantitative estimate of drug-likeness (QED) is 0.148. The standard InChI is InChI=1S/8C7H6O2.2Gd.Mn/c8*8-5-6-3-1-2-4-7(6)9;;;/h8*1-5,9H;;;/q;;;;;;;;+2;2*+3/p-8. The van der Waals surface area contributed by atoms with Crippen LogP contribution in [0.15, 0.2) is 194 Å². The number of carbonyl (C=O) groups is 8. The van der Waals surface area contributed by atoms with Gasteiger partial charge >= 0.3 is 96.9 Å². The Balaban J connectivity index is -0.000000785. The first kappa shape index (κ1) is 71.9.